The first-order valence-electron chi connectivity index (χ1n) is 6.89. The van der Waals surface area contributed by atoms with Crippen molar-refractivity contribution in [2.75, 3.05) is 25.1 Å². The lowest BCUT2D eigenvalue weighted by Gasteiger charge is -2.39. The fourth-order valence-electron chi connectivity index (χ4n) is 2.26. The first kappa shape index (κ1) is 16.6. The van der Waals surface area contributed by atoms with Gasteiger partial charge in [0.1, 0.15) is 5.75 Å². The van der Waals surface area contributed by atoms with Gasteiger partial charge in [0.05, 0.1) is 12.8 Å². The summed E-state index contributed by atoms with van der Waals surface area (Å²) in [6.07, 6.45) is -0.521. The summed E-state index contributed by atoms with van der Waals surface area (Å²) >= 11 is 3.47. The van der Waals surface area contributed by atoms with E-state index in [0.717, 1.165) is 10.0 Å². The van der Waals surface area contributed by atoms with Gasteiger partial charge in [0.15, 0.2) is 5.60 Å². The van der Waals surface area contributed by atoms with Crippen molar-refractivity contribution in [3.63, 3.8) is 0 Å². The molecule has 6 nitrogen and oxygen atoms in total. The molecule has 0 spiro atoms. The third-order valence-electron chi connectivity index (χ3n) is 3.45. The summed E-state index contributed by atoms with van der Waals surface area (Å²) in [6.45, 7) is 6.04. The van der Waals surface area contributed by atoms with E-state index in [2.05, 4.69) is 26.0 Å². The molecule has 2 rings (SSSR count). The molecule has 0 unspecified atom stereocenters. The van der Waals surface area contributed by atoms with Crippen LogP contribution >= 0.6 is 15.9 Å². The SMILES string of the molecule is COC(=O)NCCN1C(=O)C(C)(C)Oc2cc(Br)c(C)cc21. The predicted molar refractivity (Wildman–Crippen MR) is 86.3 cm³/mol. The van der Waals surface area contributed by atoms with Crippen LogP contribution in [0.15, 0.2) is 16.6 Å². The molecule has 1 aliphatic rings. The molecule has 1 aromatic carbocycles. The first-order chi connectivity index (χ1) is 10.3. The average molecular weight is 371 g/mol. The first-order valence-corrected chi connectivity index (χ1v) is 7.68. The molecule has 0 saturated carbocycles. The molecule has 2 amide bonds. The number of carbonyl (C=O) groups excluding carboxylic acids is 2. The number of nitrogens with one attached hydrogen (secondary N) is 1. The summed E-state index contributed by atoms with van der Waals surface area (Å²) in [6, 6.07) is 3.75. The zero-order chi connectivity index (χ0) is 16.5. The lowest BCUT2D eigenvalue weighted by Crippen LogP contribution is -2.54. The second kappa shape index (κ2) is 6.16. The number of rotatable bonds is 3. The monoisotopic (exact) mass is 370 g/mol. The Morgan fingerprint density at radius 3 is 2.77 bits per heavy atom. The van der Waals surface area contributed by atoms with Crippen molar-refractivity contribution < 1.29 is 19.1 Å². The van der Waals surface area contributed by atoms with Gasteiger partial charge in [-0.05, 0) is 38.5 Å². The minimum atomic E-state index is -0.951. The maximum Gasteiger partial charge on any atom is 0.406 e. The number of ether oxygens (including phenoxy) is 2. The number of benzene rings is 1. The van der Waals surface area contributed by atoms with Crippen LogP contribution in [0.5, 0.6) is 5.75 Å². The molecule has 0 atom stereocenters. The van der Waals surface area contributed by atoms with Gasteiger partial charge >= 0.3 is 6.09 Å². The Kier molecular flexibility index (Phi) is 4.65. The van der Waals surface area contributed by atoms with Crippen molar-refractivity contribution in [2.24, 2.45) is 0 Å². The van der Waals surface area contributed by atoms with Crippen LogP contribution in [-0.2, 0) is 9.53 Å². The number of amides is 2. The summed E-state index contributed by atoms with van der Waals surface area (Å²) in [5.74, 6) is 0.494. The Hall–Kier alpha value is -1.76. The van der Waals surface area contributed by atoms with Crippen molar-refractivity contribution in [1.82, 2.24) is 5.32 Å². The number of alkyl carbamates (subject to hydrolysis) is 1. The van der Waals surface area contributed by atoms with Gasteiger partial charge in [-0.3, -0.25) is 4.79 Å². The molecule has 22 heavy (non-hydrogen) atoms. The largest absolute Gasteiger partial charge is 0.476 e. The Morgan fingerprint density at radius 2 is 2.14 bits per heavy atom. The number of anilines is 1. The number of aryl methyl sites for hydroxylation is 1. The molecule has 0 bridgehead atoms. The zero-order valence-electron chi connectivity index (χ0n) is 13.0. The van der Waals surface area contributed by atoms with Crippen LogP contribution in [0.4, 0.5) is 10.5 Å². The van der Waals surface area contributed by atoms with Crippen molar-refractivity contribution >= 4 is 33.6 Å². The Morgan fingerprint density at radius 1 is 1.45 bits per heavy atom. The quantitative estimate of drug-likeness (QED) is 0.887. The van der Waals surface area contributed by atoms with Crippen LogP contribution in [0, 0.1) is 6.92 Å². The second-order valence-corrected chi connectivity index (χ2v) is 6.41. The molecule has 1 aliphatic heterocycles. The molecule has 0 fully saturated rings. The van der Waals surface area contributed by atoms with E-state index in [9.17, 15) is 9.59 Å². The van der Waals surface area contributed by atoms with Gasteiger partial charge in [0.2, 0.25) is 0 Å². The van der Waals surface area contributed by atoms with Crippen molar-refractivity contribution in [3.05, 3.63) is 22.2 Å². The molecule has 0 aliphatic carbocycles. The van der Waals surface area contributed by atoms with Gasteiger partial charge in [-0.1, -0.05) is 15.9 Å². The summed E-state index contributed by atoms with van der Waals surface area (Å²) in [4.78, 5) is 25.4. The topological polar surface area (TPSA) is 67.9 Å². The minimum absolute atomic E-state index is 0.145. The molecule has 1 N–H and O–H groups in total. The van der Waals surface area contributed by atoms with Gasteiger partial charge in [-0.2, -0.15) is 0 Å². The number of halogens is 1. The molecule has 0 radical (unpaired) electrons. The summed E-state index contributed by atoms with van der Waals surface area (Å²) in [5.41, 5.74) is 0.755. The van der Waals surface area contributed by atoms with E-state index in [1.807, 2.05) is 19.1 Å². The molecular formula is C15H19BrN2O4. The maximum atomic E-state index is 12.6. The van der Waals surface area contributed by atoms with Gasteiger partial charge in [0.25, 0.3) is 5.91 Å². The number of hydrogen-bond donors (Lipinski definition) is 1. The number of fused-ring (bicyclic) bond motifs is 1. The van der Waals surface area contributed by atoms with Gasteiger partial charge in [-0.15, -0.1) is 0 Å². The molecule has 7 heteroatoms. The van der Waals surface area contributed by atoms with E-state index in [4.69, 9.17) is 4.74 Å². The van der Waals surface area contributed by atoms with Gasteiger partial charge in [0, 0.05) is 17.6 Å². The van der Waals surface area contributed by atoms with Gasteiger partial charge < -0.3 is 19.7 Å². The fraction of sp³-hybridized carbons (Fsp3) is 0.467. The van der Waals surface area contributed by atoms with E-state index >= 15 is 0 Å². The minimum Gasteiger partial charge on any atom is -0.476 e. The van der Waals surface area contributed by atoms with Crippen molar-refractivity contribution in [3.8, 4) is 5.75 Å². The third kappa shape index (κ3) is 3.19. The molecular weight excluding hydrogens is 352 g/mol. The highest BCUT2D eigenvalue weighted by Crippen LogP contribution is 2.40. The third-order valence-corrected chi connectivity index (χ3v) is 4.30. The summed E-state index contributed by atoms with van der Waals surface area (Å²) in [5, 5.41) is 2.58. The molecule has 120 valence electrons. The van der Waals surface area contributed by atoms with E-state index in [1.54, 1.807) is 18.7 Å². The summed E-state index contributed by atoms with van der Waals surface area (Å²) < 4.78 is 11.3. The summed E-state index contributed by atoms with van der Waals surface area (Å²) in [7, 11) is 1.30. The highest BCUT2D eigenvalue weighted by molar-refractivity contribution is 9.10. The van der Waals surface area contributed by atoms with Crippen LogP contribution in [0.25, 0.3) is 0 Å². The highest BCUT2D eigenvalue weighted by Gasteiger charge is 2.40. The lowest BCUT2D eigenvalue weighted by atomic mass is 10.0. The maximum absolute atomic E-state index is 12.6. The zero-order valence-corrected chi connectivity index (χ0v) is 14.6. The number of hydrogen-bond acceptors (Lipinski definition) is 4. The second-order valence-electron chi connectivity index (χ2n) is 5.56. The Balaban J connectivity index is 2.29. The van der Waals surface area contributed by atoms with E-state index in [0.29, 0.717) is 24.5 Å². The fourth-order valence-corrected chi connectivity index (χ4v) is 2.58. The molecule has 0 aromatic heterocycles. The van der Waals surface area contributed by atoms with Crippen LogP contribution in [-0.4, -0.2) is 37.8 Å². The van der Waals surface area contributed by atoms with E-state index < -0.39 is 11.7 Å². The Labute approximate surface area is 137 Å². The van der Waals surface area contributed by atoms with E-state index in [1.165, 1.54) is 7.11 Å². The average Bonchev–Trinajstić information content (AvgIpc) is 2.45. The smallest absolute Gasteiger partial charge is 0.406 e. The van der Waals surface area contributed by atoms with Crippen LogP contribution < -0.4 is 15.0 Å². The normalized spacial score (nSPS) is 15.9. The van der Waals surface area contributed by atoms with Crippen molar-refractivity contribution in [1.29, 1.82) is 0 Å². The highest BCUT2D eigenvalue weighted by atomic mass is 79.9. The van der Waals surface area contributed by atoms with E-state index in [-0.39, 0.29) is 5.91 Å². The van der Waals surface area contributed by atoms with Crippen LogP contribution in [0.3, 0.4) is 0 Å². The lowest BCUT2D eigenvalue weighted by molar-refractivity contribution is -0.132. The Bertz CT molecular complexity index is 616. The van der Waals surface area contributed by atoms with Crippen LogP contribution in [0.1, 0.15) is 19.4 Å². The van der Waals surface area contributed by atoms with Crippen molar-refractivity contribution in [2.45, 2.75) is 26.4 Å². The van der Waals surface area contributed by atoms with Gasteiger partial charge in [-0.25, -0.2) is 4.79 Å². The number of methoxy groups -OCH3 is 1. The molecule has 0 saturated heterocycles. The molecule has 1 heterocycles. The van der Waals surface area contributed by atoms with Crippen LogP contribution in [0.2, 0.25) is 0 Å². The number of nitrogens with zero attached hydrogens (tertiary/aromatic N) is 1. The molecule has 1 aromatic rings. The number of carbonyl (C=O) groups is 2. The predicted octanol–water partition coefficient (Wildman–Crippen LogP) is 2.62. The standard InChI is InChI=1S/C15H19BrN2O4/c1-9-7-11-12(8-10(9)16)22-15(2,3)13(19)18(11)6-5-17-14(20)21-4/h7-8H,5-6H2,1-4H3,(H,17,20).